The highest BCUT2D eigenvalue weighted by Gasteiger charge is 2.29. The molecule has 1 heterocycles. The first-order chi connectivity index (χ1) is 9.82. The Kier molecular flexibility index (Phi) is 6.47. The number of thioether (sulfide) groups is 1. The Morgan fingerprint density at radius 3 is 2.62 bits per heavy atom. The molecule has 0 aromatic rings. The molecule has 1 saturated heterocycles. The molecule has 3 amide bonds. The fourth-order valence-electron chi connectivity index (χ4n) is 1.84. The minimum Gasteiger partial charge on any atom is -0.480 e. The number of hydrogen-bond donors (Lipinski definition) is 2. The van der Waals surface area contributed by atoms with Gasteiger partial charge in [0.2, 0.25) is 11.8 Å². The van der Waals surface area contributed by atoms with Crippen molar-refractivity contribution in [2.45, 2.75) is 19.9 Å². The molecule has 0 aliphatic carbocycles. The van der Waals surface area contributed by atoms with Gasteiger partial charge in [0.05, 0.1) is 0 Å². The van der Waals surface area contributed by atoms with Crippen molar-refractivity contribution in [2.24, 2.45) is 0 Å². The molecule has 0 radical (unpaired) electrons. The van der Waals surface area contributed by atoms with Crippen LogP contribution in [-0.4, -0.2) is 75.9 Å². The fourth-order valence-corrected chi connectivity index (χ4v) is 2.67. The van der Waals surface area contributed by atoms with Gasteiger partial charge in [-0.1, -0.05) is 11.8 Å². The quantitative estimate of drug-likeness (QED) is 0.661. The maximum atomic E-state index is 12.2. The van der Waals surface area contributed by atoms with Crippen molar-refractivity contribution < 1.29 is 24.3 Å². The summed E-state index contributed by atoms with van der Waals surface area (Å²) in [5, 5.41) is 11.4. The number of amides is 3. The number of carbonyl (C=O) groups excluding carboxylic acids is 3. The third kappa shape index (κ3) is 5.25. The molecular weight excluding hydrogens is 298 g/mol. The minimum atomic E-state index is -1.13. The lowest BCUT2D eigenvalue weighted by Crippen LogP contribution is -2.50. The van der Waals surface area contributed by atoms with Crippen molar-refractivity contribution in [3.8, 4) is 0 Å². The van der Waals surface area contributed by atoms with Crippen LogP contribution in [-0.2, 0) is 14.4 Å². The number of carboxylic acids is 1. The number of nitrogens with zero attached hydrogens (tertiary/aromatic N) is 2. The van der Waals surface area contributed by atoms with Gasteiger partial charge in [0, 0.05) is 32.3 Å². The monoisotopic (exact) mass is 317 g/mol. The van der Waals surface area contributed by atoms with Crippen LogP contribution in [0.5, 0.6) is 0 Å². The SMILES string of the molecule is CC(=O)NCCN(C(=O)CN1CCSC1=O)C(C)C(=O)O. The van der Waals surface area contributed by atoms with Gasteiger partial charge < -0.3 is 20.2 Å². The maximum Gasteiger partial charge on any atom is 0.326 e. The molecular formula is C12H19N3O5S. The van der Waals surface area contributed by atoms with Gasteiger partial charge in [-0.2, -0.15) is 0 Å². The van der Waals surface area contributed by atoms with Crippen LogP contribution in [0.3, 0.4) is 0 Å². The predicted molar refractivity (Wildman–Crippen MR) is 76.9 cm³/mol. The summed E-state index contributed by atoms with van der Waals surface area (Å²) in [6.45, 7) is 3.34. The molecule has 1 rings (SSSR count). The standard InChI is InChI=1S/C12H19N3O5S/c1-8(11(18)19)15(4-3-13-9(2)16)10(17)7-14-5-6-21-12(14)20/h8H,3-7H2,1-2H3,(H,13,16)(H,18,19). The van der Waals surface area contributed by atoms with Crippen molar-refractivity contribution in [2.75, 3.05) is 31.9 Å². The highest BCUT2D eigenvalue weighted by atomic mass is 32.2. The van der Waals surface area contributed by atoms with E-state index in [1.165, 1.54) is 18.7 Å². The second-order valence-electron chi connectivity index (χ2n) is 4.62. The van der Waals surface area contributed by atoms with E-state index in [9.17, 15) is 19.2 Å². The highest BCUT2D eigenvalue weighted by Crippen LogP contribution is 2.17. The lowest BCUT2D eigenvalue weighted by Gasteiger charge is -2.28. The van der Waals surface area contributed by atoms with E-state index in [1.807, 2.05) is 0 Å². The number of nitrogens with one attached hydrogen (secondary N) is 1. The van der Waals surface area contributed by atoms with Gasteiger partial charge in [0.25, 0.3) is 5.24 Å². The average molecular weight is 317 g/mol. The zero-order chi connectivity index (χ0) is 16.0. The summed E-state index contributed by atoms with van der Waals surface area (Å²) < 4.78 is 0. The molecule has 2 N–H and O–H groups in total. The summed E-state index contributed by atoms with van der Waals surface area (Å²) in [5.41, 5.74) is 0. The minimum absolute atomic E-state index is 0.0844. The zero-order valence-electron chi connectivity index (χ0n) is 12.0. The Balaban J connectivity index is 2.65. The van der Waals surface area contributed by atoms with Gasteiger partial charge in [-0.15, -0.1) is 0 Å². The topological polar surface area (TPSA) is 107 Å². The Bertz CT molecular complexity index is 443. The zero-order valence-corrected chi connectivity index (χ0v) is 12.8. The molecule has 0 saturated carbocycles. The van der Waals surface area contributed by atoms with Gasteiger partial charge in [0.1, 0.15) is 12.6 Å². The molecule has 0 bridgehead atoms. The van der Waals surface area contributed by atoms with E-state index in [2.05, 4.69) is 5.32 Å². The maximum absolute atomic E-state index is 12.2. The first-order valence-electron chi connectivity index (χ1n) is 6.51. The number of carboxylic acid groups (broad SMARTS) is 1. The molecule has 1 aliphatic rings. The summed E-state index contributed by atoms with van der Waals surface area (Å²) in [6, 6.07) is -1.02. The molecule has 9 heteroatoms. The van der Waals surface area contributed by atoms with Crippen LogP contribution < -0.4 is 5.32 Å². The van der Waals surface area contributed by atoms with E-state index in [4.69, 9.17) is 5.11 Å². The second-order valence-corrected chi connectivity index (χ2v) is 5.67. The third-order valence-electron chi connectivity index (χ3n) is 3.04. The highest BCUT2D eigenvalue weighted by molar-refractivity contribution is 8.13. The Hall–Kier alpha value is -1.77. The van der Waals surface area contributed by atoms with Gasteiger partial charge in [-0.05, 0) is 6.92 Å². The molecule has 21 heavy (non-hydrogen) atoms. The van der Waals surface area contributed by atoms with Crippen LogP contribution in [0.1, 0.15) is 13.8 Å². The fraction of sp³-hybridized carbons (Fsp3) is 0.667. The molecule has 1 fully saturated rings. The van der Waals surface area contributed by atoms with Crippen LogP contribution in [0, 0.1) is 0 Å². The van der Waals surface area contributed by atoms with Crippen LogP contribution in [0.25, 0.3) is 0 Å². The first kappa shape index (κ1) is 17.3. The second kappa shape index (κ2) is 7.87. The summed E-state index contributed by atoms with van der Waals surface area (Å²) in [4.78, 5) is 48.2. The van der Waals surface area contributed by atoms with Crippen molar-refractivity contribution in [3.05, 3.63) is 0 Å². The molecule has 1 aliphatic heterocycles. The number of hydrogen-bond acceptors (Lipinski definition) is 5. The smallest absolute Gasteiger partial charge is 0.326 e. The summed E-state index contributed by atoms with van der Waals surface area (Å²) in [6.07, 6.45) is 0. The van der Waals surface area contributed by atoms with Crippen molar-refractivity contribution in [3.63, 3.8) is 0 Å². The Labute approximate surface area is 126 Å². The van der Waals surface area contributed by atoms with E-state index < -0.39 is 17.9 Å². The number of aliphatic carboxylic acids is 1. The Morgan fingerprint density at radius 1 is 1.48 bits per heavy atom. The van der Waals surface area contributed by atoms with E-state index >= 15 is 0 Å². The lowest BCUT2D eigenvalue weighted by molar-refractivity contribution is -0.149. The predicted octanol–water partition coefficient (Wildman–Crippen LogP) is -0.407. The van der Waals surface area contributed by atoms with Crippen LogP contribution in [0.4, 0.5) is 4.79 Å². The molecule has 0 aromatic carbocycles. The molecule has 1 unspecified atom stereocenters. The van der Waals surface area contributed by atoms with Crippen molar-refractivity contribution in [1.82, 2.24) is 15.1 Å². The summed E-state index contributed by atoms with van der Waals surface area (Å²) >= 11 is 1.14. The van der Waals surface area contributed by atoms with Crippen LogP contribution in [0.15, 0.2) is 0 Å². The molecule has 1 atom stereocenters. The molecule has 118 valence electrons. The first-order valence-corrected chi connectivity index (χ1v) is 7.50. The van der Waals surface area contributed by atoms with Crippen molar-refractivity contribution in [1.29, 1.82) is 0 Å². The summed E-state index contributed by atoms with van der Waals surface area (Å²) in [5.74, 6) is -1.19. The van der Waals surface area contributed by atoms with Crippen molar-refractivity contribution >= 4 is 34.8 Å². The lowest BCUT2D eigenvalue weighted by atomic mass is 10.2. The molecule has 8 nitrogen and oxygen atoms in total. The average Bonchev–Trinajstić information content (AvgIpc) is 2.79. The van der Waals surface area contributed by atoms with Gasteiger partial charge >= 0.3 is 5.97 Å². The van der Waals surface area contributed by atoms with Crippen LogP contribution in [0.2, 0.25) is 0 Å². The molecule has 0 aromatic heterocycles. The summed E-state index contributed by atoms with van der Waals surface area (Å²) in [7, 11) is 0. The largest absolute Gasteiger partial charge is 0.480 e. The van der Waals surface area contributed by atoms with E-state index in [1.54, 1.807) is 0 Å². The molecule has 0 spiro atoms. The van der Waals surface area contributed by atoms with E-state index in [0.717, 1.165) is 16.7 Å². The normalized spacial score (nSPS) is 15.7. The van der Waals surface area contributed by atoms with E-state index in [0.29, 0.717) is 12.3 Å². The third-order valence-corrected chi connectivity index (χ3v) is 3.93. The number of carbonyl (C=O) groups is 4. The van der Waals surface area contributed by atoms with Gasteiger partial charge in [-0.25, -0.2) is 4.79 Å². The van der Waals surface area contributed by atoms with E-state index in [-0.39, 0.29) is 30.8 Å². The van der Waals surface area contributed by atoms with Gasteiger partial charge in [-0.3, -0.25) is 14.4 Å². The van der Waals surface area contributed by atoms with Crippen LogP contribution >= 0.6 is 11.8 Å². The van der Waals surface area contributed by atoms with Gasteiger partial charge in [0.15, 0.2) is 0 Å². The number of rotatable bonds is 7. The Morgan fingerprint density at radius 2 is 2.14 bits per heavy atom.